The van der Waals surface area contributed by atoms with Gasteiger partial charge in [0, 0.05) is 32.0 Å². The Balaban J connectivity index is 1.33. The van der Waals surface area contributed by atoms with Crippen molar-refractivity contribution in [2.45, 2.75) is 25.0 Å². The van der Waals surface area contributed by atoms with Crippen molar-refractivity contribution in [2.24, 2.45) is 0 Å². The van der Waals surface area contributed by atoms with E-state index in [1.54, 1.807) is 29.2 Å². The zero-order chi connectivity index (χ0) is 20.4. The van der Waals surface area contributed by atoms with Gasteiger partial charge in [-0.3, -0.25) is 4.79 Å². The number of amides is 1. The summed E-state index contributed by atoms with van der Waals surface area (Å²) in [6, 6.07) is 9.41. The standard InChI is InChI=1S/C21H22ClFN2O4/c1-27-18-11-19-17(10-16(18)22)24-12-20(29-19)21(26)25-8-6-15(7-9-25)28-14-4-2-13(23)3-5-14/h2-5,10-11,15,20,24H,6-9,12H2,1H3. The fourth-order valence-electron chi connectivity index (χ4n) is 3.57. The van der Waals surface area contributed by atoms with Crippen LogP contribution in [0.3, 0.4) is 0 Å². The molecule has 6 nitrogen and oxygen atoms in total. The van der Waals surface area contributed by atoms with E-state index in [1.807, 2.05) is 0 Å². The maximum Gasteiger partial charge on any atom is 0.265 e. The van der Waals surface area contributed by atoms with E-state index in [4.69, 9.17) is 25.8 Å². The fourth-order valence-corrected chi connectivity index (χ4v) is 3.81. The molecule has 1 N–H and O–H groups in total. The number of fused-ring (bicyclic) bond motifs is 1. The fraction of sp³-hybridized carbons (Fsp3) is 0.381. The molecule has 0 aromatic heterocycles. The van der Waals surface area contributed by atoms with Gasteiger partial charge in [0.15, 0.2) is 6.10 Å². The highest BCUT2D eigenvalue weighted by Gasteiger charge is 2.33. The summed E-state index contributed by atoms with van der Waals surface area (Å²) in [6.45, 7) is 1.54. The first-order chi connectivity index (χ1) is 14.0. The third-order valence-corrected chi connectivity index (χ3v) is 5.44. The first-order valence-electron chi connectivity index (χ1n) is 9.52. The molecular formula is C21H22ClFN2O4. The van der Waals surface area contributed by atoms with Gasteiger partial charge >= 0.3 is 0 Å². The van der Waals surface area contributed by atoms with Crippen LogP contribution in [0.2, 0.25) is 5.02 Å². The Labute approximate surface area is 173 Å². The van der Waals surface area contributed by atoms with Crippen LogP contribution < -0.4 is 19.5 Å². The number of hydrogen-bond donors (Lipinski definition) is 1. The maximum atomic E-state index is 13.0. The number of nitrogens with zero attached hydrogens (tertiary/aromatic N) is 1. The highest BCUT2D eigenvalue weighted by Crippen LogP contribution is 2.38. The number of piperidine rings is 1. The molecule has 0 spiro atoms. The molecule has 1 unspecified atom stereocenters. The number of nitrogens with one attached hydrogen (secondary N) is 1. The zero-order valence-corrected chi connectivity index (χ0v) is 16.7. The Hall–Kier alpha value is -2.67. The van der Waals surface area contributed by atoms with E-state index in [0.29, 0.717) is 54.7 Å². The summed E-state index contributed by atoms with van der Waals surface area (Å²) in [7, 11) is 1.53. The van der Waals surface area contributed by atoms with Crippen molar-refractivity contribution in [1.82, 2.24) is 4.90 Å². The summed E-state index contributed by atoms with van der Waals surface area (Å²) in [5, 5.41) is 3.68. The molecule has 0 aliphatic carbocycles. The van der Waals surface area contributed by atoms with Crippen LogP contribution >= 0.6 is 11.6 Å². The number of halogens is 2. The molecule has 0 saturated carbocycles. The summed E-state index contributed by atoms with van der Waals surface area (Å²) in [5.74, 6) is 1.34. The van der Waals surface area contributed by atoms with Crippen LogP contribution in [-0.2, 0) is 4.79 Å². The minimum atomic E-state index is -0.608. The van der Waals surface area contributed by atoms with E-state index in [2.05, 4.69) is 5.32 Å². The van der Waals surface area contributed by atoms with Crippen molar-refractivity contribution in [3.8, 4) is 17.2 Å². The molecule has 2 aliphatic heterocycles. The molecule has 0 bridgehead atoms. The number of rotatable bonds is 4. The van der Waals surface area contributed by atoms with Gasteiger partial charge in [-0.1, -0.05) is 11.6 Å². The molecular weight excluding hydrogens is 399 g/mol. The van der Waals surface area contributed by atoms with Crippen LogP contribution in [0.25, 0.3) is 0 Å². The quantitative estimate of drug-likeness (QED) is 0.816. The third-order valence-electron chi connectivity index (χ3n) is 5.15. The largest absolute Gasteiger partial charge is 0.495 e. The van der Waals surface area contributed by atoms with Crippen molar-refractivity contribution < 1.29 is 23.4 Å². The molecule has 2 aromatic carbocycles. The number of methoxy groups -OCH3 is 1. The molecule has 1 fully saturated rings. The molecule has 1 amide bonds. The van der Waals surface area contributed by atoms with Crippen molar-refractivity contribution in [1.29, 1.82) is 0 Å². The number of carbonyl (C=O) groups excluding carboxylic acids is 1. The molecule has 2 aromatic rings. The topological polar surface area (TPSA) is 60.0 Å². The van der Waals surface area contributed by atoms with Gasteiger partial charge in [0.05, 0.1) is 24.4 Å². The minimum Gasteiger partial charge on any atom is -0.495 e. The Morgan fingerprint density at radius 3 is 2.66 bits per heavy atom. The Bertz CT molecular complexity index is 885. The molecule has 0 radical (unpaired) electrons. The Morgan fingerprint density at radius 1 is 1.24 bits per heavy atom. The van der Waals surface area contributed by atoms with Gasteiger partial charge in [0.25, 0.3) is 5.91 Å². The smallest absolute Gasteiger partial charge is 0.265 e. The minimum absolute atomic E-state index is 0.00189. The number of anilines is 1. The van der Waals surface area contributed by atoms with E-state index in [1.165, 1.54) is 19.2 Å². The number of benzene rings is 2. The Morgan fingerprint density at radius 2 is 1.97 bits per heavy atom. The van der Waals surface area contributed by atoms with Gasteiger partial charge < -0.3 is 24.4 Å². The van der Waals surface area contributed by atoms with Crippen molar-refractivity contribution in [2.75, 3.05) is 32.1 Å². The van der Waals surface area contributed by atoms with E-state index in [-0.39, 0.29) is 17.8 Å². The normalized spacial score (nSPS) is 19.0. The summed E-state index contributed by atoms with van der Waals surface area (Å²) in [4.78, 5) is 14.7. The molecule has 29 heavy (non-hydrogen) atoms. The van der Waals surface area contributed by atoms with Crippen LogP contribution in [-0.4, -0.2) is 49.8 Å². The number of ether oxygens (including phenoxy) is 3. The molecule has 1 saturated heterocycles. The van der Waals surface area contributed by atoms with Crippen LogP contribution in [0.1, 0.15) is 12.8 Å². The average Bonchev–Trinajstić information content (AvgIpc) is 2.74. The van der Waals surface area contributed by atoms with Gasteiger partial charge in [-0.05, 0) is 30.3 Å². The van der Waals surface area contributed by atoms with Gasteiger partial charge in [0.2, 0.25) is 0 Å². The summed E-state index contributed by atoms with van der Waals surface area (Å²) in [6.07, 6.45) is 0.817. The van der Waals surface area contributed by atoms with Gasteiger partial charge in [0.1, 0.15) is 29.2 Å². The lowest BCUT2D eigenvalue weighted by Gasteiger charge is -2.35. The van der Waals surface area contributed by atoms with Gasteiger partial charge in [-0.15, -0.1) is 0 Å². The van der Waals surface area contributed by atoms with Crippen LogP contribution in [0.15, 0.2) is 36.4 Å². The van der Waals surface area contributed by atoms with Crippen molar-refractivity contribution in [3.63, 3.8) is 0 Å². The summed E-state index contributed by atoms with van der Waals surface area (Å²) >= 11 is 6.14. The van der Waals surface area contributed by atoms with Crippen LogP contribution in [0, 0.1) is 5.82 Å². The molecule has 4 rings (SSSR count). The molecule has 1 atom stereocenters. The van der Waals surface area contributed by atoms with Crippen LogP contribution in [0.4, 0.5) is 10.1 Å². The summed E-state index contributed by atoms with van der Waals surface area (Å²) in [5.41, 5.74) is 0.742. The highest BCUT2D eigenvalue weighted by molar-refractivity contribution is 6.32. The van der Waals surface area contributed by atoms with Crippen molar-refractivity contribution in [3.05, 3.63) is 47.2 Å². The number of likely N-dealkylation sites (tertiary alicyclic amines) is 1. The van der Waals surface area contributed by atoms with Gasteiger partial charge in [-0.2, -0.15) is 0 Å². The van der Waals surface area contributed by atoms with E-state index < -0.39 is 6.10 Å². The lowest BCUT2D eigenvalue weighted by Crippen LogP contribution is -2.50. The molecule has 2 heterocycles. The molecule has 8 heteroatoms. The van der Waals surface area contributed by atoms with E-state index in [9.17, 15) is 9.18 Å². The number of carbonyl (C=O) groups is 1. The predicted molar refractivity (Wildman–Crippen MR) is 108 cm³/mol. The first-order valence-corrected chi connectivity index (χ1v) is 9.90. The maximum absolute atomic E-state index is 13.0. The van der Waals surface area contributed by atoms with Crippen LogP contribution in [0.5, 0.6) is 17.2 Å². The zero-order valence-electron chi connectivity index (χ0n) is 16.0. The lowest BCUT2D eigenvalue weighted by atomic mass is 10.1. The SMILES string of the molecule is COc1cc2c(cc1Cl)NCC(C(=O)N1CCC(Oc3ccc(F)cc3)CC1)O2. The predicted octanol–water partition coefficient (Wildman–Crippen LogP) is 3.73. The average molecular weight is 421 g/mol. The monoisotopic (exact) mass is 420 g/mol. The third kappa shape index (κ3) is 4.34. The molecule has 154 valence electrons. The molecule has 2 aliphatic rings. The second-order valence-electron chi connectivity index (χ2n) is 7.07. The van der Waals surface area contributed by atoms with E-state index >= 15 is 0 Å². The van der Waals surface area contributed by atoms with Gasteiger partial charge in [-0.25, -0.2) is 4.39 Å². The number of hydrogen-bond acceptors (Lipinski definition) is 5. The second-order valence-corrected chi connectivity index (χ2v) is 7.47. The van der Waals surface area contributed by atoms with Crippen molar-refractivity contribution >= 4 is 23.2 Å². The summed E-state index contributed by atoms with van der Waals surface area (Å²) < 4.78 is 30.0. The first kappa shape index (κ1) is 19.6. The Kier molecular flexibility index (Phi) is 5.67. The highest BCUT2D eigenvalue weighted by atomic mass is 35.5. The lowest BCUT2D eigenvalue weighted by molar-refractivity contribution is -0.140. The second kappa shape index (κ2) is 8.37. The van der Waals surface area contributed by atoms with E-state index in [0.717, 1.165) is 5.69 Å².